The minimum absolute atomic E-state index is 0.0446. The van der Waals surface area contributed by atoms with Crippen LogP contribution in [0.25, 0.3) is 0 Å². The molecular weight excluding hydrogens is 749 g/mol. The van der Waals surface area contributed by atoms with Crippen LogP contribution in [0.4, 0.5) is 11.4 Å². The molecule has 0 radical (unpaired) electrons. The van der Waals surface area contributed by atoms with Gasteiger partial charge in [0.2, 0.25) is 11.8 Å². The Hall–Kier alpha value is -5.67. The lowest BCUT2D eigenvalue weighted by molar-refractivity contribution is -0.120. The first kappa shape index (κ1) is 44.4. The molecule has 7 N–H and O–H groups in total. The predicted molar refractivity (Wildman–Crippen MR) is 229 cm³/mol. The van der Waals surface area contributed by atoms with Gasteiger partial charge >= 0.3 is 0 Å². The summed E-state index contributed by atoms with van der Waals surface area (Å²) in [6, 6.07) is 24.7. The van der Waals surface area contributed by atoms with E-state index in [1.807, 2.05) is 68.7 Å². The van der Waals surface area contributed by atoms with Crippen molar-refractivity contribution >= 4 is 35.0 Å². The van der Waals surface area contributed by atoms with Crippen molar-refractivity contribution in [2.75, 3.05) is 51.0 Å². The van der Waals surface area contributed by atoms with Gasteiger partial charge in [0.05, 0.1) is 18.9 Å². The highest BCUT2D eigenvalue weighted by Gasteiger charge is 2.24. The van der Waals surface area contributed by atoms with Gasteiger partial charge in [0.15, 0.2) is 5.69 Å². The van der Waals surface area contributed by atoms with Crippen molar-refractivity contribution in [3.05, 3.63) is 118 Å². The summed E-state index contributed by atoms with van der Waals surface area (Å²) in [4.78, 5) is 60.4. The van der Waals surface area contributed by atoms with E-state index in [4.69, 9.17) is 10.5 Å². The fourth-order valence-electron chi connectivity index (χ4n) is 6.75. The van der Waals surface area contributed by atoms with Gasteiger partial charge in [0.25, 0.3) is 17.7 Å². The van der Waals surface area contributed by atoms with Crippen LogP contribution in [0.15, 0.2) is 84.9 Å². The number of carbonyl (C=O) groups is 4. The zero-order chi connectivity index (χ0) is 42.3. The van der Waals surface area contributed by atoms with Crippen LogP contribution in [0.2, 0.25) is 0 Å². The van der Waals surface area contributed by atoms with Crippen molar-refractivity contribution in [3.63, 3.8) is 0 Å². The fraction of sp³-hybridized carbons (Fsp3) is 0.400. The summed E-state index contributed by atoms with van der Waals surface area (Å²) in [7, 11) is 3.92. The van der Waals surface area contributed by atoms with Gasteiger partial charge in [-0.25, -0.2) is 4.98 Å². The molecule has 5 rings (SSSR count). The monoisotopic (exact) mass is 806 g/mol. The zero-order valence-corrected chi connectivity index (χ0v) is 34.5. The molecule has 0 saturated heterocycles. The van der Waals surface area contributed by atoms with Crippen molar-refractivity contribution < 1.29 is 29.0 Å². The topological polar surface area (TPSA) is 191 Å². The number of nitrogens with two attached hydrogens (primary N) is 1. The number of pyridine rings is 1. The molecule has 1 atom stereocenters. The number of nitrogens with zero attached hydrogens (tertiary/aromatic N) is 3. The summed E-state index contributed by atoms with van der Waals surface area (Å²) in [6.45, 7) is 8.04. The Bertz CT molecular complexity index is 2020. The molecule has 0 spiro atoms. The van der Waals surface area contributed by atoms with Crippen LogP contribution in [-0.4, -0.2) is 96.0 Å². The largest absolute Gasteiger partial charge is 0.477 e. The van der Waals surface area contributed by atoms with Gasteiger partial charge in [-0.2, -0.15) is 0 Å². The number of hydrogen-bond donors (Lipinski definition) is 6. The standard InChI is InChI=1S/C45H58N8O6/c1-5-37(6-2)53(23-22-47-3)27-33-8-7-9-35(24-33)44(57)49-38-20-21-40(59-29-32-10-11-32)51-41(38)45(58)48-36-18-14-31(15-19-36)26-52(4)25-30-12-16-34(17-13-30)43(56)50-39(28-54)42(46)55/h7-9,12-21,24,32,37,39,47,54H,5-6,10-11,22-23,25-29H2,1-4H3,(H2,46,55)(H,48,58)(H,49,57)(H,50,56)/t39-/m0/s1. The van der Waals surface area contributed by atoms with E-state index >= 15 is 0 Å². The maximum absolute atomic E-state index is 13.8. The highest BCUT2D eigenvalue weighted by atomic mass is 16.5. The van der Waals surface area contributed by atoms with Crippen LogP contribution in [0.1, 0.15) is 87.4 Å². The van der Waals surface area contributed by atoms with Crippen molar-refractivity contribution in [1.82, 2.24) is 25.4 Å². The van der Waals surface area contributed by atoms with E-state index < -0.39 is 30.4 Å². The molecular formula is C45H58N8O6. The molecule has 0 unspecified atom stereocenters. The first-order chi connectivity index (χ1) is 28.5. The lowest BCUT2D eigenvalue weighted by Crippen LogP contribution is -2.46. The van der Waals surface area contributed by atoms with Crippen molar-refractivity contribution in [2.24, 2.45) is 11.7 Å². The molecule has 1 saturated carbocycles. The number of hydrogen-bond acceptors (Lipinski definition) is 10. The molecule has 314 valence electrons. The lowest BCUT2D eigenvalue weighted by Gasteiger charge is -2.30. The smallest absolute Gasteiger partial charge is 0.276 e. The number of anilines is 2. The van der Waals surface area contributed by atoms with Crippen LogP contribution >= 0.6 is 0 Å². The van der Waals surface area contributed by atoms with E-state index in [1.165, 1.54) is 0 Å². The molecule has 59 heavy (non-hydrogen) atoms. The Labute approximate surface area is 346 Å². The molecule has 1 aliphatic carbocycles. The molecule has 3 aromatic carbocycles. The van der Waals surface area contributed by atoms with Crippen LogP contribution in [0, 0.1) is 5.92 Å². The van der Waals surface area contributed by atoms with Crippen LogP contribution in [0.5, 0.6) is 5.88 Å². The number of primary amides is 1. The number of nitrogens with one attached hydrogen (secondary N) is 4. The summed E-state index contributed by atoms with van der Waals surface area (Å²) in [5.74, 6) is -1.33. The number of rotatable bonds is 23. The summed E-state index contributed by atoms with van der Waals surface area (Å²) < 4.78 is 5.91. The number of likely N-dealkylation sites (N-methyl/N-ethyl adjacent to an activating group) is 1. The first-order valence-corrected chi connectivity index (χ1v) is 20.3. The van der Waals surface area contributed by atoms with Gasteiger partial charge in [-0.3, -0.25) is 29.0 Å². The molecule has 0 bridgehead atoms. The Morgan fingerprint density at radius 3 is 2.12 bits per heavy atom. The summed E-state index contributed by atoms with van der Waals surface area (Å²) >= 11 is 0. The normalized spacial score (nSPS) is 13.0. The third kappa shape index (κ3) is 13.4. The van der Waals surface area contributed by atoms with Crippen molar-refractivity contribution in [2.45, 2.75) is 71.2 Å². The Morgan fingerprint density at radius 1 is 0.831 bits per heavy atom. The van der Waals surface area contributed by atoms with E-state index in [2.05, 4.69) is 49.9 Å². The second-order valence-electron chi connectivity index (χ2n) is 15.1. The number of aliphatic hydroxyl groups is 1. The number of carbonyl (C=O) groups excluding carboxylic acids is 4. The van der Waals surface area contributed by atoms with Gasteiger partial charge in [-0.1, -0.05) is 50.2 Å². The van der Waals surface area contributed by atoms with E-state index in [9.17, 15) is 24.3 Å². The first-order valence-electron chi connectivity index (χ1n) is 20.3. The van der Waals surface area contributed by atoms with Gasteiger partial charge in [0, 0.05) is 61.6 Å². The molecule has 1 aromatic heterocycles. The molecule has 14 nitrogen and oxygen atoms in total. The number of aromatic nitrogens is 1. The van der Waals surface area contributed by atoms with Gasteiger partial charge in [0.1, 0.15) is 6.04 Å². The Kier molecular flexibility index (Phi) is 16.5. The van der Waals surface area contributed by atoms with Gasteiger partial charge in [-0.05, 0) is 105 Å². The summed E-state index contributed by atoms with van der Waals surface area (Å²) in [5, 5.41) is 20.8. The molecule has 4 amide bonds. The quantitative estimate of drug-likeness (QED) is 0.0608. The average Bonchev–Trinajstić information content (AvgIpc) is 4.07. The third-order valence-corrected chi connectivity index (χ3v) is 10.3. The van der Waals surface area contributed by atoms with Crippen molar-refractivity contribution in [3.8, 4) is 5.88 Å². The molecule has 1 heterocycles. The third-order valence-electron chi connectivity index (χ3n) is 10.3. The van der Waals surface area contributed by atoms with E-state index in [1.54, 1.807) is 30.3 Å². The zero-order valence-electron chi connectivity index (χ0n) is 34.5. The summed E-state index contributed by atoms with van der Waals surface area (Å²) in [6.07, 6.45) is 4.30. The molecule has 14 heteroatoms. The fourth-order valence-corrected chi connectivity index (χ4v) is 6.75. The maximum atomic E-state index is 13.8. The van der Waals surface area contributed by atoms with Gasteiger partial charge in [-0.15, -0.1) is 0 Å². The minimum atomic E-state index is -1.15. The lowest BCUT2D eigenvalue weighted by atomic mass is 10.1. The highest BCUT2D eigenvalue weighted by molar-refractivity contribution is 6.11. The molecule has 1 aliphatic rings. The van der Waals surface area contributed by atoms with Crippen LogP contribution in [0.3, 0.4) is 0 Å². The van der Waals surface area contributed by atoms with E-state index in [-0.39, 0.29) is 17.3 Å². The maximum Gasteiger partial charge on any atom is 0.276 e. The average molecular weight is 807 g/mol. The highest BCUT2D eigenvalue weighted by Crippen LogP contribution is 2.30. The molecule has 0 aliphatic heterocycles. The number of aliphatic hydroxyl groups excluding tert-OH is 1. The number of amides is 4. The molecule has 1 fully saturated rings. The minimum Gasteiger partial charge on any atom is -0.477 e. The van der Waals surface area contributed by atoms with Crippen LogP contribution < -0.4 is 31.7 Å². The summed E-state index contributed by atoms with van der Waals surface area (Å²) in [5.41, 5.74) is 9.93. The van der Waals surface area contributed by atoms with Crippen molar-refractivity contribution in [1.29, 1.82) is 0 Å². The number of ether oxygens (including phenoxy) is 1. The SMILES string of the molecule is CCC(CC)N(CCNC)Cc1cccc(C(=O)Nc2ccc(OCC3CC3)nc2C(=O)Nc2ccc(CN(C)Cc3ccc(C(=O)N[C@@H](CO)C(N)=O)cc3)cc2)c1. The van der Waals surface area contributed by atoms with E-state index in [0.717, 1.165) is 62.0 Å². The number of benzene rings is 3. The second kappa shape index (κ2) is 21.9. The second-order valence-corrected chi connectivity index (χ2v) is 15.1. The van der Waals surface area contributed by atoms with E-state index in [0.29, 0.717) is 54.4 Å². The molecule has 4 aromatic rings. The Balaban J connectivity index is 1.22. The Morgan fingerprint density at radius 2 is 1.51 bits per heavy atom. The van der Waals surface area contributed by atoms with Gasteiger partial charge < -0.3 is 36.8 Å². The predicted octanol–water partition coefficient (Wildman–Crippen LogP) is 4.79. The van der Waals surface area contributed by atoms with Crippen LogP contribution in [-0.2, 0) is 24.4 Å².